The van der Waals surface area contributed by atoms with Gasteiger partial charge < -0.3 is 5.32 Å². The Bertz CT molecular complexity index is 930. The van der Waals surface area contributed by atoms with Gasteiger partial charge in [-0.1, -0.05) is 74.5 Å². The van der Waals surface area contributed by atoms with Crippen LogP contribution in [0.1, 0.15) is 45.1 Å². The molecule has 0 fully saturated rings. The van der Waals surface area contributed by atoms with E-state index in [0.717, 1.165) is 35.6 Å². The zero-order valence-electron chi connectivity index (χ0n) is 17.9. The molecule has 30 heavy (non-hydrogen) atoms. The van der Waals surface area contributed by atoms with Gasteiger partial charge in [-0.3, -0.25) is 9.10 Å². The van der Waals surface area contributed by atoms with Crippen molar-refractivity contribution < 1.29 is 13.2 Å². The van der Waals surface area contributed by atoms with Gasteiger partial charge in [0.15, 0.2) is 0 Å². The molecule has 0 aliphatic heterocycles. The number of halogens is 1. The quantitative estimate of drug-likeness (QED) is 0.513. The molecule has 2 aromatic carbocycles. The van der Waals surface area contributed by atoms with Gasteiger partial charge in [0, 0.05) is 6.54 Å². The summed E-state index contributed by atoms with van der Waals surface area (Å²) in [6.07, 6.45) is 4.24. The number of carbonyl (C=O) groups is 1. The summed E-state index contributed by atoms with van der Waals surface area (Å²) in [6.45, 7) is 6.34. The van der Waals surface area contributed by atoms with Crippen molar-refractivity contribution in [1.82, 2.24) is 5.32 Å². The van der Waals surface area contributed by atoms with Crippen molar-refractivity contribution in [2.24, 2.45) is 5.92 Å². The fourth-order valence-corrected chi connectivity index (χ4v) is 4.91. The summed E-state index contributed by atoms with van der Waals surface area (Å²) in [6, 6.07) is 13.2. The van der Waals surface area contributed by atoms with Crippen LogP contribution in [0, 0.1) is 12.8 Å². The minimum absolute atomic E-state index is 0.121. The first-order chi connectivity index (χ1) is 14.3. The van der Waals surface area contributed by atoms with Gasteiger partial charge >= 0.3 is 0 Å². The van der Waals surface area contributed by atoms with Crippen molar-refractivity contribution in [3.05, 3.63) is 59.1 Å². The van der Waals surface area contributed by atoms with Gasteiger partial charge in [-0.2, -0.15) is 0 Å². The number of rotatable bonds is 11. The highest BCUT2D eigenvalue weighted by Crippen LogP contribution is 2.30. The van der Waals surface area contributed by atoms with Gasteiger partial charge in [-0.05, 0) is 43.5 Å². The van der Waals surface area contributed by atoms with E-state index in [0.29, 0.717) is 12.5 Å². The Labute approximate surface area is 185 Å². The van der Waals surface area contributed by atoms with Crippen LogP contribution in [-0.2, 0) is 14.8 Å². The minimum atomic E-state index is -3.96. The molecule has 0 aliphatic rings. The third-order valence-corrected chi connectivity index (χ3v) is 7.24. The Morgan fingerprint density at radius 2 is 1.77 bits per heavy atom. The molecule has 0 bridgehead atoms. The van der Waals surface area contributed by atoms with Crippen LogP contribution in [0.25, 0.3) is 0 Å². The van der Waals surface area contributed by atoms with Crippen molar-refractivity contribution in [2.45, 2.75) is 51.3 Å². The van der Waals surface area contributed by atoms with Crippen LogP contribution in [0.5, 0.6) is 0 Å². The lowest BCUT2D eigenvalue weighted by atomic mass is 9.99. The molecule has 1 atom stereocenters. The summed E-state index contributed by atoms with van der Waals surface area (Å²) in [5.74, 6) is 0.0388. The van der Waals surface area contributed by atoms with Crippen LogP contribution in [0.15, 0.2) is 53.4 Å². The number of sulfonamides is 1. The lowest BCUT2D eigenvalue weighted by Crippen LogP contribution is -2.42. The number of nitrogens with zero attached hydrogens (tertiary/aromatic N) is 1. The second kappa shape index (κ2) is 11.4. The predicted octanol–water partition coefficient (Wildman–Crippen LogP) is 5.18. The number of carbonyl (C=O) groups excluding carboxylic acids is 1. The van der Waals surface area contributed by atoms with Gasteiger partial charge in [0.1, 0.15) is 6.54 Å². The molecule has 0 radical (unpaired) electrons. The zero-order chi connectivity index (χ0) is 22.1. The fourth-order valence-electron chi connectivity index (χ4n) is 3.18. The van der Waals surface area contributed by atoms with Crippen LogP contribution in [0.3, 0.4) is 0 Å². The van der Waals surface area contributed by atoms with Gasteiger partial charge in [-0.15, -0.1) is 0 Å². The third-order valence-electron chi connectivity index (χ3n) is 5.15. The van der Waals surface area contributed by atoms with Gasteiger partial charge in [0.05, 0.1) is 15.6 Å². The number of aryl methyl sites for hydroxylation is 1. The molecule has 7 heteroatoms. The predicted molar refractivity (Wildman–Crippen MR) is 123 cm³/mol. The van der Waals surface area contributed by atoms with Crippen molar-refractivity contribution in [2.75, 3.05) is 17.4 Å². The highest BCUT2D eigenvalue weighted by molar-refractivity contribution is 7.92. The molecule has 5 nitrogen and oxygen atoms in total. The fraction of sp³-hybridized carbons (Fsp3) is 0.435. The van der Waals surface area contributed by atoms with E-state index >= 15 is 0 Å². The second-order valence-corrected chi connectivity index (χ2v) is 9.77. The molecule has 1 N–H and O–H groups in total. The first kappa shape index (κ1) is 24.2. The summed E-state index contributed by atoms with van der Waals surface area (Å²) in [4.78, 5) is 12.8. The lowest BCUT2D eigenvalue weighted by Gasteiger charge is -2.25. The smallest absolute Gasteiger partial charge is 0.264 e. The molecule has 0 aliphatic carbocycles. The number of para-hydroxylation sites is 1. The minimum Gasteiger partial charge on any atom is -0.354 e. The Kier molecular flexibility index (Phi) is 9.18. The Morgan fingerprint density at radius 1 is 1.10 bits per heavy atom. The van der Waals surface area contributed by atoms with E-state index in [1.165, 1.54) is 0 Å². The van der Waals surface area contributed by atoms with Crippen LogP contribution in [0.2, 0.25) is 5.02 Å². The van der Waals surface area contributed by atoms with Crippen LogP contribution in [0.4, 0.5) is 5.69 Å². The number of benzene rings is 2. The van der Waals surface area contributed by atoms with Crippen molar-refractivity contribution >= 4 is 33.2 Å². The number of anilines is 1. The molecule has 2 aromatic rings. The Morgan fingerprint density at radius 3 is 2.37 bits per heavy atom. The summed E-state index contributed by atoms with van der Waals surface area (Å²) >= 11 is 6.29. The summed E-state index contributed by atoms with van der Waals surface area (Å²) in [5.41, 5.74) is 1.24. The molecular weight excluding hydrogens is 420 g/mol. The molecule has 0 heterocycles. The van der Waals surface area contributed by atoms with Crippen LogP contribution >= 0.6 is 11.6 Å². The molecule has 1 amide bonds. The highest BCUT2D eigenvalue weighted by atomic mass is 35.5. The topological polar surface area (TPSA) is 66.5 Å². The van der Waals surface area contributed by atoms with Crippen LogP contribution < -0.4 is 9.62 Å². The molecule has 0 aromatic heterocycles. The zero-order valence-corrected chi connectivity index (χ0v) is 19.5. The normalized spacial score (nSPS) is 12.4. The summed E-state index contributed by atoms with van der Waals surface area (Å²) in [5, 5.41) is 3.18. The number of nitrogens with one attached hydrogen (secondary N) is 1. The molecule has 0 unspecified atom stereocenters. The maximum Gasteiger partial charge on any atom is 0.264 e. The summed E-state index contributed by atoms with van der Waals surface area (Å²) < 4.78 is 27.8. The van der Waals surface area contributed by atoms with Gasteiger partial charge in [-0.25, -0.2) is 8.42 Å². The lowest BCUT2D eigenvalue weighted by molar-refractivity contribution is -0.119. The summed E-state index contributed by atoms with van der Waals surface area (Å²) in [7, 11) is -3.96. The van der Waals surface area contributed by atoms with Gasteiger partial charge in [0.25, 0.3) is 10.0 Å². The van der Waals surface area contributed by atoms with E-state index in [-0.39, 0.29) is 28.1 Å². The van der Waals surface area contributed by atoms with E-state index in [1.807, 2.05) is 6.92 Å². The number of unbranched alkanes of at least 4 members (excludes halogenated alkanes) is 1. The largest absolute Gasteiger partial charge is 0.354 e. The highest BCUT2D eigenvalue weighted by Gasteiger charge is 2.28. The standard InChI is InChI=1S/C23H31ClN2O3S/c1-4-6-9-19(5-2)16-25-23(27)17-26(22-11-8-7-10-21(22)24)30(28,29)20-14-12-18(3)13-15-20/h7-8,10-15,19H,4-6,9,16-17H2,1-3H3,(H,25,27)/t19-/m1/s1. The maximum atomic E-state index is 13.4. The first-order valence-electron chi connectivity index (χ1n) is 10.4. The number of hydrogen-bond acceptors (Lipinski definition) is 3. The maximum absolute atomic E-state index is 13.4. The number of amides is 1. The Balaban J connectivity index is 2.26. The molecule has 2 rings (SSSR count). The molecule has 164 valence electrons. The number of hydrogen-bond donors (Lipinski definition) is 1. The van der Waals surface area contributed by atoms with Crippen LogP contribution in [-0.4, -0.2) is 27.4 Å². The van der Waals surface area contributed by atoms with E-state index < -0.39 is 10.0 Å². The average Bonchev–Trinajstić information content (AvgIpc) is 2.73. The third kappa shape index (κ3) is 6.47. The van der Waals surface area contributed by atoms with E-state index in [1.54, 1.807) is 48.5 Å². The Hall–Kier alpha value is -2.05. The van der Waals surface area contributed by atoms with E-state index in [4.69, 9.17) is 11.6 Å². The van der Waals surface area contributed by atoms with Crippen molar-refractivity contribution in [3.8, 4) is 0 Å². The van der Waals surface area contributed by atoms with E-state index in [9.17, 15) is 13.2 Å². The van der Waals surface area contributed by atoms with Crippen molar-refractivity contribution in [3.63, 3.8) is 0 Å². The van der Waals surface area contributed by atoms with E-state index in [2.05, 4.69) is 19.2 Å². The first-order valence-corrected chi connectivity index (χ1v) is 12.2. The second-order valence-electron chi connectivity index (χ2n) is 7.50. The van der Waals surface area contributed by atoms with Gasteiger partial charge in [0.2, 0.25) is 5.91 Å². The molecule has 0 saturated carbocycles. The van der Waals surface area contributed by atoms with Crippen molar-refractivity contribution in [1.29, 1.82) is 0 Å². The average molecular weight is 451 g/mol. The SMILES string of the molecule is CCCC[C@@H](CC)CNC(=O)CN(c1ccccc1Cl)S(=O)(=O)c1ccc(C)cc1. The monoisotopic (exact) mass is 450 g/mol. The molecule has 0 spiro atoms. The molecule has 0 saturated heterocycles. The molecular formula is C23H31ClN2O3S.